The van der Waals surface area contributed by atoms with E-state index in [2.05, 4.69) is 6.07 Å². The summed E-state index contributed by atoms with van der Waals surface area (Å²) < 4.78 is 10.8. The summed E-state index contributed by atoms with van der Waals surface area (Å²) in [6, 6.07) is 21.2. The Balaban J connectivity index is 1.61. The van der Waals surface area contributed by atoms with Gasteiger partial charge in [0.15, 0.2) is 11.5 Å². The van der Waals surface area contributed by atoms with E-state index in [0.717, 1.165) is 21.8 Å². The molecule has 31 heavy (non-hydrogen) atoms. The number of rotatable bonds is 5. The molecule has 0 saturated carbocycles. The Hall–Kier alpha value is -3.43. The van der Waals surface area contributed by atoms with Crippen molar-refractivity contribution in [1.29, 1.82) is 5.26 Å². The quantitative estimate of drug-likeness (QED) is 0.575. The van der Waals surface area contributed by atoms with Crippen LogP contribution in [-0.2, 0) is 13.0 Å². The van der Waals surface area contributed by atoms with E-state index >= 15 is 0 Å². The third-order valence-corrected chi connectivity index (χ3v) is 6.50. The summed E-state index contributed by atoms with van der Waals surface area (Å²) >= 11 is 1.45. The number of nitrogens with zero attached hydrogens (tertiary/aromatic N) is 2. The number of hydrogen-bond acceptors (Lipinski definition) is 5. The van der Waals surface area contributed by atoms with Crippen LogP contribution in [-0.4, -0.2) is 31.6 Å². The summed E-state index contributed by atoms with van der Waals surface area (Å²) in [6.45, 7) is 1.15. The van der Waals surface area contributed by atoms with E-state index in [1.54, 1.807) is 20.3 Å². The molecular weight excluding hydrogens is 408 g/mol. The average Bonchev–Trinajstić information content (AvgIpc) is 2.83. The van der Waals surface area contributed by atoms with Crippen LogP contribution >= 0.6 is 11.8 Å². The van der Waals surface area contributed by atoms with Crippen molar-refractivity contribution in [2.45, 2.75) is 22.8 Å². The van der Waals surface area contributed by atoms with Crippen LogP contribution in [0.25, 0.3) is 0 Å². The van der Waals surface area contributed by atoms with Crippen LogP contribution in [0.15, 0.2) is 70.5 Å². The zero-order valence-corrected chi connectivity index (χ0v) is 18.2. The first-order chi connectivity index (χ1) is 15.1. The van der Waals surface area contributed by atoms with Crippen LogP contribution in [0.3, 0.4) is 0 Å². The lowest BCUT2D eigenvalue weighted by molar-refractivity contribution is 0.0731. The molecule has 1 amide bonds. The Kier molecular flexibility index (Phi) is 6.15. The Morgan fingerprint density at radius 2 is 1.61 bits per heavy atom. The van der Waals surface area contributed by atoms with E-state index in [1.165, 1.54) is 17.3 Å². The number of carbonyl (C=O) groups is 1. The highest BCUT2D eigenvalue weighted by atomic mass is 32.2. The number of hydrogen-bond donors (Lipinski definition) is 0. The smallest absolute Gasteiger partial charge is 0.255 e. The van der Waals surface area contributed by atoms with E-state index < -0.39 is 0 Å². The van der Waals surface area contributed by atoms with Gasteiger partial charge in [-0.15, -0.1) is 0 Å². The third-order valence-electron chi connectivity index (χ3n) is 5.35. The summed E-state index contributed by atoms with van der Waals surface area (Å²) in [5.74, 6) is 1.36. The Labute approximate surface area is 186 Å². The van der Waals surface area contributed by atoms with Gasteiger partial charge in [0.1, 0.15) is 6.07 Å². The number of fused-ring (bicyclic) bond motifs is 1. The maximum absolute atomic E-state index is 13.4. The summed E-state index contributed by atoms with van der Waals surface area (Å²) in [7, 11) is 3.24. The van der Waals surface area contributed by atoms with Gasteiger partial charge in [-0.05, 0) is 53.9 Å². The van der Waals surface area contributed by atoms with Crippen molar-refractivity contribution in [1.82, 2.24) is 4.90 Å². The normalized spacial score (nSPS) is 12.6. The Morgan fingerprint density at radius 3 is 2.32 bits per heavy atom. The van der Waals surface area contributed by atoms with Crippen molar-refractivity contribution in [3.05, 3.63) is 82.9 Å². The molecule has 0 radical (unpaired) electrons. The number of methoxy groups -OCH3 is 2. The lowest BCUT2D eigenvalue weighted by Gasteiger charge is -2.30. The number of ether oxygens (including phenoxy) is 2. The van der Waals surface area contributed by atoms with Crippen molar-refractivity contribution < 1.29 is 14.3 Å². The Morgan fingerprint density at radius 1 is 0.968 bits per heavy atom. The number of amides is 1. The van der Waals surface area contributed by atoms with Gasteiger partial charge in [0.05, 0.1) is 25.3 Å². The number of nitriles is 1. The van der Waals surface area contributed by atoms with E-state index in [-0.39, 0.29) is 5.91 Å². The molecule has 0 saturated heterocycles. The zero-order chi connectivity index (χ0) is 21.8. The second-order valence-electron chi connectivity index (χ2n) is 7.16. The molecule has 3 aromatic carbocycles. The highest BCUT2D eigenvalue weighted by Crippen LogP contribution is 2.36. The fourth-order valence-electron chi connectivity index (χ4n) is 3.73. The van der Waals surface area contributed by atoms with Crippen LogP contribution in [0.5, 0.6) is 11.5 Å². The number of carbonyl (C=O) groups excluding carboxylic acids is 1. The van der Waals surface area contributed by atoms with Gasteiger partial charge >= 0.3 is 0 Å². The minimum absolute atomic E-state index is 0.0158. The van der Waals surface area contributed by atoms with Crippen LogP contribution in [0.1, 0.15) is 27.0 Å². The van der Waals surface area contributed by atoms with Crippen LogP contribution in [0, 0.1) is 11.3 Å². The molecular formula is C25H22N2O3S. The lowest BCUT2D eigenvalue weighted by Crippen LogP contribution is -2.36. The third kappa shape index (κ3) is 4.23. The van der Waals surface area contributed by atoms with Gasteiger partial charge in [-0.2, -0.15) is 5.26 Å². The summed E-state index contributed by atoms with van der Waals surface area (Å²) in [5, 5.41) is 9.39. The largest absolute Gasteiger partial charge is 0.493 e. The Bertz CT molecular complexity index is 1170. The van der Waals surface area contributed by atoms with Gasteiger partial charge in [-0.1, -0.05) is 36.0 Å². The topological polar surface area (TPSA) is 62.6 Å². The van der Waals surface area contributed by atoms with E-state index in [9.17, 15) is 10.1 Å². The predicted octanol–water partition coefficient (Wildman–Crippen LogP) is 4.93. The van der Waals surface area contributed by atoms with Crippen molar-refractivity contribution in [2.24, 2.45) is 0 Å². The van der Waals surface area contributed by atoms with Crippen molar-refractivity contribution in [3.8, 4) is 17.6 Å². The monoisotopic (exact) mass is 430 g/mol. The van der Waals surface area contributed by atoms with Gasteiger partial charge in [-0.25, -0.2) is 0 Å². The molecule has 1 heterocycles. The lowest BCUT2D eigenvalue weighted by atomic mass is 9.98. The van der Waals surface area contributed by atoms with Gasteiger partial charge in [0.2, 0.25) is 0 Å². The molecule has 0 unspecified atom stereocenters. The second-order valence-corrected chi connectivity index (χ2v) is 8.24. The maximum atomic E-state index is 13.4. The molecule has 0 aromatic heterocycles. The van der Waals surface area contributed by atoms with Gasteiger partial charge in [0.25, 0.3) is 5.91 Å². The maximum Gasteiger partial charge on any atom is 0.255 e. The van der Waals surface area contributed by atoms with Crippen LogP contribution in [0.2, 0.25) is 0 Å². The fourth-order valence-corrected chi connectivity index (χ4v) is 4.74. The SMILES string of the molecule is COc1cc2c(cc1OC)CN(C(=O)c1ccccc1Sc1ccccc1C#N)CC2. The standard InChI is InChI=1S/C25H22N2O3S/c1-29-21-13-17-11-12-27(16-19(17)14-22(21)30-2)25(28)20-8-4-6-10-24(20)31-23-9-5-3-7-18(23)15-26/h3-10,13-14H,11-12,16H2,1-2H3. The van der Waals surface area contributed by atoms with E-state index in [4.69, 9.17) is 9.47 Å². The van der Waals surface area contributed by atoms with Gasteiger partial charge in [0, 0.05) is 22.9 Å². The fraction of sp³-hybridized carbons (Fsp3) is 0.200. The van der Waals surface area contributed by atoms with E-state index in [1.807, 2.05) is 59.5 Å². The number of benzene rings is 3. The molecule has 0 N–H and O–H groups in total. The summed E-state index contributed by atoms with van der Waals surface area (Å²) in [5.41, 5.74) is 3.48. The molecule has 0 atom stereocenters. The molecule has 3 aromatic rings. The van der Waals surface area contributed by atoms with E-state index in [0.29, 0.717) is 35.7 Å². The molecule has 1 aliphatic rings. The molecule has 0 spiro atoms. The molecule has 4 rings (SSSR count). The van der Waals surface area contributed by atoms with Crippen molar-refractivity contribution >= 4 is 17.7 Å². The predicted molar refractivity (Wildman–Crippen MR) is 120 cm³/mol. The molecule has 0 bridgehead atoms. The van der Waals surface area contributed by atoms with Crippen LogP contribution < -0.4 is 9.47 Å². The van der Waals surface area contributed by atoms with Crippen molar-refractivity contribution in [2.75, 3.05) is 20.8 Å². The molecule has 0 aliphatic carbocycles. The average molecular weight is 431 g/mol. The minimum atomic E-state index is -0.0158. The second kappa shape index (κ2) is 9.15. The molecule has 1 aliphatic heterocycles. The first-order valence-corrected chi connectivity index (χ1v) is 10.7. The first kappa shape index (κ1) is 20.8. The van der Waals surface area contributed by atoms with Crippen LogP contribution in [0.4, 0.5) is 0 Å². The molecule has 156 valence electrons. The zero-order valence-electron chi connectivity index (χ0n) is 17.4. The summed E-state index contributed by atoms with van der Waals surface area (Å²) in [4.78, 5) is 17.0. The van der Waals surface area contributed by atoms with Gasteiger partial charge in [-0.3, -0.25) is 4.79 Å². The minimum Gasteiger partial charge on any atom is -0.493 e. The molecule has 6 heteroatoms. The van der Waals surface area contributed by atoms with Gasteiger partial charge < -0.3 is 14.4 Å². The highest BCUT2D eigenvalue weighted by Gasteiger charge is 2.25. The molecule has 5 nitrogen and oxygen atoms in total. The summed E-state index contributed by atoms with van der Waals surface area (Å²) in [6.07, 6.45) is 0.758. The first-order valence-electron chi connectivity index (χ1n) is 9.93. The molecule has 0 fully saturated rings. The highest BCUT2D eigenvalue weighted by molar-refractivity contribution is 7.99. The van der Waals surface area contributed by atoms with Crippen molar-refractivity contribution in [3.63, 3.8) is 0 Å².